The molecular weight excluding hydrogens is 294 g/mol. The molecule has 1 amide bonds. The van der Waals surface area contributed by atoms with Crippen LogP contribution in [0.2, 0.25) is 0 Å². The Morgan fingerprint density at radius 1 is 1.22 bits per heavy atom. The molecule has 2 aromatic carbocycles. The van der Waals surface area contributed by atoms with Crippen LogP contribution in [0.25, 0.3) is 0 Å². The van der Waals surface area contributed by atoms with Gasteiger partial charge >= 0.3 is 0 Å². The lowest BCUT2D eigenvalue weighted by molar-refractivity contribution is -0.384. The molecule has 0 saturated carbocycles. The third-order valence-electron chi connectivity index (χ3n) is 3.36. The number of aryl methyl sites for hydroxylation is 2. The van der Waals surface area contributed by atoms with Gasteiger partial charge in [-0.25, -0.2) is 5.43 Å². The van der Waals surface area contributed by atoms with E-state index >= 15 is 0 Å². The van der Waals surface area contributed by atoms with Crippen molar-refractivity contribution in [2.45, 2.75) is 20.3 Å². The van der Waals surface area contributed by atoms with Crippen molar-refractivity contribution in [1.82, 2.24) is 5.43 Å². The molecule has 0 aliphatic carbocycles. The third-order valence-corrected chi connectivity index (χ3v) is 3.36. The first-order valence-corrected chi connectivity index (χ1v) is 7.08. The van der Waals surface area contributed by atoms with Gasteiger partial charge in [-0.05, 0) is 42.7 Å². The van der Waals surface area contributed by atoms with Crippen LogP contribution in [0.4, 0.5) is 5.69 Å². The third kappa shape index (κ3) is 4.74. The van der Waals surface area contributed by atoms with E-state index in [-0.39, 0.29) is 18.0 Å². The Kier molecular flexibility index (Phi) is 5.19. The van der Waals surface area contributed by atoms with Crippen LogP contribution >= 0.6 is 0 Å². The normalized spacial score (nSPS) is 10.7. The fourth-order valence-corrected chi connectivity index (χ4v) is 2.06. The topological polar surface area (TPSA) is 84.6 Å². The quantitative estimate of drug-likeness (QED) is 0.523. The number of hydrazone groups is 1. The molecule has 0 heterocycles. The van der Waals surface area contributed by atoms with E-state index in [0.717, 1.165) is 16.7 Å². The van der Waals surface area contributed by atoms with Crippen molar-refractivity contribution < 1.29 is 9.72 Å². The molecule has 0 atom stereocenters. The number of benzene rings is 2. The number of hydrogen-bond acceptors (Lipinski definition) is 4. The van der Waals surface area contributed by atoms with Gasteiger partial charge in [0.15, 0.2) is 0 Å². The number of carbonyl (C=O) groups is 1. The molecule has 0 saturated heterocycles. The fraction of sp³-hybridized carbons (Fsp3) is 0.176. The standard InChI is InChI=1S/C17H17N3O3/c1-12-3-4-13(2)15(9-12)10-17(21)19-18-11-14-5-7-16(8-6-14)20(22)23/h3-9,11H,10H2,1-2H3,(H,19,21)/b18-11+. The summed E-state index contributed by atoms with van der Waals surface area (Å²) >= 11 is 0. The van der Waals surface area contributed by atoms with E-state index in [2.05, 4.69) is 10.5 Å². The van der Waals surface area contributed by atoms with E-state index in [1.807, 2.05) is 32.0 Å². The molecule has 2 rings (SSSR count). The zero-order valence-electron chi connectivity index (χ0n) is 12.9. The maximum absolute atomic E-state index is 11.9. The summed E-state index contributed by atoms with van der Waals surface area (Å²) in [5, 5.41) is 14.4. The summed E-state index contributed by atoms with van der Waals surface area (Å²) in [5.41, 5.74) is 6.27. The van der Waals surface area contributed by atoms with Gasteiger partial charge in [-0.2, -0.15) is 5.10 Å². The molecule has 1 N–H and O–H groups in total. The molecule has 0 bridgehead atoms. The van der Waals surface area contributed by atoms with Crippen LogP contribution in [0.15, 0.2) is 47.6 Å². The predicted octanol–water partition coefficient (Wildman–Crippen LogP) is 2.90. The van der Waals surface area contributed by atoms with Gasteiger partial charge in [0.05, 0.1) is 17.6 Å². The van der Waals surface area contributed by atoms with Gasteiger partial charge in [-0.1, -0.05) is 23.8 Å². The van der Waals surface area contributed by atoms with Crippen molar-refractivity contribution in [2.75, 3.05) is 0 Å². The van der Waals surface area contributed by atoms with Crippen LogP contribution in [-0.2, 0) is 11.2 Å². The van der Waals surface area contributed by atoms with Crippen molar-refractivity contribution in [1.29, 1.82) is 0 Å². The lowest BCUT2D eigenvalue weighted by Gasteiger charge is -2.05. The molecular formula is C17H17N3O3. The first kappa shape index (κ1) is 16.4. The van der Waals surface area contributed by atoms with Gasteiger partial charge in [-0.3, -0.25) is 14.9 Å². The molecule has 6 heteroatoms. The molecule has 0 aliphatic rings. The molecule has 0 unspecified atom stereocenters. The first-order chi connectivity index (χ1) is 11.0. The van der Waals surface area contributed by atoms with Crippen molar-refractivity contribution in [2.24, 2.45) is 5.10 Å². The van der Waals surface area contributed by atoms with Gasteiger partial charge in [-0.15, -0.1) is 0 Å². The monoisotopic (exact) mass is 311 g/mol. The van der Waals surface area contributed by atoms with Gasteiger partial charge in [0, 0.05) is 12.1 Å². The van der Waals surface area contributed by atoms with E-state index in [1.54, 1.807) is 12.1 Å². The van der Waals surface area contributed by atoms with E-state index in [9.17, 15) is 14.9 Å². The zero-order valence-corrected chi connectivity index (χ0v) is 12.9. The number of hydrogen-bond donors (Lipinski definition) is 1. The number of non-ortho nitro benzene ring substituents is 1. The van der Waals surface area contributed by atoms with Crippen LogP contribution < -0.4 is 5.43 Å². The lowest BCUT2D eigenvalue weighted by Crippen LogP contribution is -2.20. The Hall–Kier alpha value is -3.02. The Morgan fingerprint density at radius 3 is 2.57 bits per heavy atom. The predicted molar refractivity (Wildman–Crippen MR) is 88.5 cm³/mol. The largest absolute Gasteiger partial charge is 0.273 e. The average Bonchev–Trinajstić information content (AvgIpc) is 2.51. The maximum Gasteiger partial charge on any atom is 0.269 e. The number of amides is 1. The molecule has 118 valence electrons. The molecule has 0 spiro atoms. The molecule has 0 radical (unpaired) electrons. The molecule has 6 nitrogen and oxygen atoms in total. The SMILES string of the molecule is Cc1ccc(C)c(CC(=O)N/N=C/c2ccc([N+](=O)[O-])cc2)c1. The Balaban J connectivity index is 1.93. The van der Waals surface area contributed by atoms with E-state index < -0.39 is 4.92 Å². The Morgan fingerprint density at radius 2 is 1.91 bits per heavy atom. The second-order valence-electron chi connectivity index (χ2n) is 5.25. The van der Waals surface area contributed by atoms with Gasteiger partial charge in [0.25, 0.3) is 5.69 Å². The zero-order chi connectivity index (χ0) is 16.8. The molecule has 0 fully saturated rings. The average molecular weight is 311 g/mol. The minimum atomic E-state index is -0.465. The maximum atomic E-state index is 11.9. The van der Waals surface area contributed by atoms with Crippen molar-refractivity contribution in [3.63, 3.8) is 0 Å². The van der Waals surface area contributed by atoms with E-state index in [0.29, 0.717) is 5.56 Å². The summed E-state index contributed by atoms with van der Waals surface area (Å²) in [4.78, 5) is 22.0. The number of nitrogens with one attached hydrogen (secondary N) is 1. The number of carbonyl (C=O) groups excluding carboxylic acids is 1. The number of nitrogens with zero attached hydrogens (tertiary/aromatic N) is 2. The summed E-state index contributed by atoms with van der Waals surface area (Å²) in [7, 11) is 0. The van der Waals surface area contributed by atoms with Gasteiger partial charge in [0.2, 0.25) is 5.91 Å². The van der Waals surface area contributed by atoms with E-state index in [4.69, 9.17) is 0 Å². The van der Waals surface area contributed by atoms with Crippen molar-refractivity contribution in [3.05, 3.63) is 74.8 Å². The highest BCUT2D eigenvalue weighted by Crippen LogP contribution is 2.12. The van der Waals surface area contributed by atoms with Crippen LogP contribution in [0.3, 0.4) is 0 Å². The van der Waals surface area contributed by atoms with Crippen LogP contribution in [0.1, 0.15) is 22.3 Å². The number of rotatable bonds is 5. The van der Waals surface area contributed by atoms with Crippen LogP contribution in [0.5, 0.6) is 0 Å². The number of nitro groups is 1. The van der Waals surface area contributed by atoms with E-state index in [1.165, 1.54) is 18.3 Å². The molecule has 0 aromatic heterocycles. The van der Waals surface area contributed by atoms with Crippen LogP contribution in [0, 0.1) is 24.0 Å². The summed E-state index contributed by atoms with van der Waals surface area (Å²) in [6, 6.07) is 11.9. The minimum Gasteiger partial charge on any atom is -0.273 e. The van der Waals surface area contributed by atoms with Crippen LogP contribution in [-0.4, -0.2) is 17.0 Å². The second kappa shape index (κ2) is 7.31. The smallest absolute Gasteiger partial charge is 0.269 e. The molecule has 0 aliphatic heterocycles. The highest BCUT2D eigenvalue weighted by molar-refractivity contribution is 5.83. The summed E-state index contributed by atoms with van der Waals surface area (Å²) in [5.74, 6) is -0.211. The summed E-state index contributed by atoms with van der Waals surface area (Å²) < 4.78 is 0. The Bertz CT molecular complexity index is 752. The first-order valence-electron chi connectivity index (χ1n) is 7.08. The summed E-state index contributed by atoms with van der Waals surface area (Å²) in [6.07, 6.45) is 1.70. The fourth-order valence-electron chi connectivity index (χ4n) is 2.06. The van der Waals surface area contributed by atoms with Crippen molar-refractivity contribution >= 4 is 17.8 Å². The molecule has 23 heavy (non-hydrogen) atoms. The second-order valence-corrected chi connectivity index (χ2v) is 5.25. The highest BCUT2D eigenvalue weighted by atomic mass is 16.6. The summed E-state index contributed by atoms with van der Waals surface area (Å²) in [6.45, 7) is 3.94. The molecule has 2 aromatic rings. The van der Waals surface area contributed by atoms with Gasteiger partial charge in [0.1, 0.15) is 0 Å². The van der Waals surface area contributed by atoms with Gasteiger partial charge < -0.3 is 0 Å². The number of nitro benzene ring substituents is 1. The van der Waals surface area contributed by atoms with Crippen molar-refractivity contribution in [3.8, 4) is 0 Å². The lowest BCUT2D eigenvalue weighted by atomic mass is 10.0. The Labute approximate surface area is 134 Å². The highest BCUT2D eigenvalue weighted by Gasteiger charge is 2.06. The minimum absolute atomic E-state index is 0.0149.